The van der Waals surface area contributed by atoms with Crippen LogP contribution in [0.15, 0.2) is 36.4 Å². The molecule has 0 spiro atoms. The van der Waals surface area contributed by atoms with Crippen LogP contribution in [0.3, 0.4) is 0 Å². The fourth-order valence-electron chi connectivity index (χ4n) is 4.77. The van der Waals surface area contributed by atoms with Crippen molar-refractivity contribution in [3.05, 3.63) is 53.2 Å². The second-order valence-corrected chi connectivity index (χ2v) is 9.10. The van der Waals surface area contributed by atoms with E-state index in [-0.39, 0.29) is 17.9 Å². The van der Waals surface area contributed by atoms with Crippen molar-refractivity contribution in [3.8, 4) is 11.6 Å². The van der Waals surface area contributed by atoms with Crippen LogP contribution in [-0.2, 0) is 4.79 Å². The molecular weight excluding hydrogens is 416 g/mol. The summed E-state index contributed by atoms with van der Waals surface area (Å²) in [5, 5.41) is 16.7. The third-order valence-corrected chi connectivity index (χ3v) is 6.29. The minimum absolute atomic E-state index is 0.0333. The largest absolute Gasteiger partial charge is 0.491 e. The maximum absolute atomic E-state index is 12.7. The number of rotatable bonds is 5. The molecule has 1 atom stereocenters. The first kappa shape index (κ1) is 21.4. The SMILES string of the molecule is Cc1nn(-c2ccc(N3CCCCC3)nn2)c2c1[C@H](c1ccc(OC(C)C)cc1)CC(=O)N2. The van der Waals surface area contributed by atoms with Gasteiger partial charge >= 0.3 is 0 Å². The van der Waals surface area contributed by atoms with Crippen LogP contribution >= 0.6 is 0 Å². The van der Waals surface area contributed by atoms with Crippen molar-refractivity contribution in [2.24, 2.45) is 0 Å². The lowest BCUT2D eigenvalue weighted by atomic mass is 9.86. The lowest BCUT2D eigenvalue weighted by molar-refractivity contribution is -0.116. The van der Waals surface area contributed by atoms with Gasteiger partial charge in [-0.05, 0) is 69.9 Å². The fraction of sp³-hybridized carbons (Fsp3) is 0.440. The van der Waals surface area contributed by atoms with E-state index >= 15 is 0 Å². The lowest BCUT2D eigenvalue weighted by Gasteiger charge is -2.27. The second-order valence-electron chi connectivity index (χ2n) is 9.10. The van der Waals surface area contributed by atoms with Crippen LogP contribution in [0, 0.1) is 6.92 Å². The van der Waals surface area contributed by atoms with Crippen LogP contribution in [0.25, 0.3) is 5.82 Å². The van der Waals surface area contributed by atoms with Crippen LogP contribution in [0.4, 0.5) is 11.6 Å². The Kier molecular flexibility index (Phi) is 5.74. The van der Waals surface area contributed by atoms with Gasteiger partial charge in [0, 0.05) is 31.0 Å². The number of carbonyl (C=O) groups excluding carboxylic acids is 1. The van der Waals surface area contributed by atoms with E-state index < -0.39 is 0 Å². The van der Waals surface area contributed by atoms with Crippen molar-refractivity contribution in [3.63, 3.8) is 0 Å². The summed E-state index contributed by atoms with van der Waals surface area (Å²) < 4.78 is 7.48. The number of nitrogens with zero attached hydrogens (tertiary/aromatic N) is 5. The molecule has 0 bridgehead atoms. The first-order chi connectivity index (χ1) is 16.0. The highest BCUT2D eigenvalue weighted by molar-refractivity contribution is 5.95. The van der Waals surface area contributed by atoms with E-state index in [0.717, 1.165) is 41.5 Å². The molecule has 0 radical (unpaired) electrons. The van der Waals surface area contributed by atoms with Crippen LogP contribution in [0.2, 0.25) is 0 Å². The molecule has 1 N–H and O–H groups in total. The minimum Gasteiger partial charge on any atom is -0.491 e. The van der Waals surface area contributed by atoms with Crippen molar-refractivity contribution in [2.75, 3.05) is 23.3 Å². The summed E-state index contributed by atoms with van der Waals surface area (Å²) >= 11 is 0. The number of aromatic nitrogens is 4. The molecule has 3 aromatic rings. The Morgan fingerprint density at radius 3 is 2.36 bits per heavy atom. The molecule has 4 heterocycles. The highest BCUT2D eigenvalue weighted by atomic mass is 16.5. The zero-order chi connectivity index (χ0) is 22.9. The predicted molar refractivity (Wildman–Crippen MR) is 127 cm³/mol. The van der Waals surface area contributed by atoms with Gasteiger partial charge in [-0.15, -0.1) is 10.2 Å². The number of fused-ring (bicyclic) bond motifs is 1. The van der Waals surface area contributed by atoms with Gasteiger partial charge in [0.15, 0.2) is 11.6 Å². The van der Waals surface area contributed by atoms with Crippen LogP contribution in [0.1, 0.15) is 62.3 Å². The van der Waals surface area contributed by atoms with Crippen LogP contribution in [-0.4, -0.2) is 45.1 Å². The molecule has 1 fully saturated rings. The number of benzene rings is 1. The average molecular weight is 447 g/mol. The summed E-state index contributed by atoms with van der Waals surface area (Å²) in [6.07, 6.45) is 4.14. The van der Waals surface area contributed by atoms with Crippen LogP contribution < -0.4 is 15.0 Å². The molecule has 172 valence electrons. The summed E-state index contributed by atoms with van der Waals surface area (Å²) in [6.45, 7) is 8.02. The van der Waals surface area contributed by atoms with Crippen LogP contribution in [0.5, 0.6) is 5.75 Å². The number of ether oxygens (including phenoxy) is 1. The molecule has 8 nitrogen and oxygen atoms in total. The summed E-state index contributed by atoms with van der Waals surface area (Å²) in [5.41, 5.74) is 2.96. The maximum atomic E-state index is 12.7. The van der Waals surface area contributed by atoms with Gasteiger partial charge in [0.25, 0.3) is 0 Å². The molecule has 1 aromatic carbocycles. The zero-order valence-electron chi connectivity index (χ0n) is 19.4. The lowest BCUT2D eigenvalue weighted by Crippen LogP contribution is -2.30. The molecule has 0 unspecified atom stereocenters. The van der Waals surface area contributed by atoms with E-state index in [1.54, 1.807) is 4.68 Å². The van der Waals surface area contributed by atoms with Crippen molar-refractivity contribution >= 4 is 17.5 Å². The Morgan fingerprint density at radius 1 is 1.00 bits per heavy atom. The normalized spacial score (nSPS) is 18.2. The molecule has 2 aromatic heterocycles. The summed E-state index contributed by atoms with van der Waals surface area (Å²) in [6, 6.07) is 11.9. The number of aryl methyl sites for hydroxylation is 1. The van der Waals surface area contributed by atoms with Gasteiger partial charge in [0.05, 0.1) is 11.8 Å². The van der Waals surface area contributed by atoms with Crippen molar-refractivity contribution in [2.45, 2.75) is 58.5 Å². The van der Waals surface area contributed by atoms with Gasteiger partial charge < -0.3 is 15.0 Å². The first-order valence-electron chi connectivity index (χ1n) is 11.7. The number of hydrogen-bond acceptors (Lipinski definition) is 6. The third kappa shape index (κ3) is 4.29. The van der Waals surface area contributed by atoms with Gasteiger partial charge in [-0.2, -0.15) is 9.78 Å². The minimum atomic E-state index is -0.0730. The molecule has 2 aliphatic rings. The Bertz CT molecular complexity index is 1130. The monoisotopic (exact) mass is 446 g/mol. The van der Waals surface area contributed by atoms with Crippen molar-refractivity contribution in [1.82, 2.24) is 20.0 Å². The molecule has 1 amide bonds. The molecule has 0 aliphatic carbocycles. The fourth-order valence-corrected chi connectivity index (χ4v) is 4.77. The Morgan fingerprint density at radius 2 is 1.70 bits per heavy atom. The van der Waals surface area contributed by atoms with Gasteiger partial charge in [-0.1, -0.05) is 12.1 Å². The Hall–Kier alpha value is -3.42. The van der Waals surface area contributed by atoms with E-state index in [4.69, 9.17) is 9.84 Å². The molecule has 0 saturated carbocycles. The standard InChI is InChI=1S/C25H30N6O2/c1-16(2)33-19-9-7-18(8-10-19)20-15-23(32)26-25-24(20)17(3)29-31(25)22-12-11-21(27-28-22)30-13-5-4-6-14-30/h7-12,16,20H,4-6,13-15H2,1-3H3,(H,26,32)/t20-/m0/s1. The van der Waals surface area contributed by atoms with E-state index in [2.05, 4.69) is 20.4 Å². The smallest absolute Gasteiger partial charge is 0.226 e. The highest BCUT2D eigenvalue weighted by Crippen LogP contribution is 2.40. The number of amides is 1. The zero-order valence-corrected chi connectivity index (χ0v) is 19.4. The quantitative estimate of drug-likeness (QED) is 0.632. The van der Waals surface area contributed by atoms with E-state index in [9.17, 15) is 4.79 Å². The van der Waals surface area contributed by atoms with Gasteiger partial charge in [0.2, 0.25) is 5.91 Å². The summed E-state index contributed by atoms with van der Waals surface area (Å²) in [4.78, 5) is 14.9. The molecule has 8 heteroatoms. The second kappa shape index (κ2) is 8.84. The van der Waals surface area contributed by atoms with Gasteiger partial charge in [-0.25, -0.2) is 0 Å². The molecule has 33 heavy (non-hydrogen) atoms. The Labute approximate surface area is 194 Å². The van der Waals surface area contributed by atoms with E-state index in [0.29, 0.717) is 18.1 Å². The van der Waals surface area contributed by atoms with Crippen molar-refractivity contribution < 1.29 is 9.53 Å². The number of carbonyl (C=O) groups is 1. The van der Waals surface area contributed by atoms with Crippen molar-refractivity contribution in [1.29, 1.82) is 0 Å². The topological polar surface area (TPSA) is 85.2 Å². The molecular formula is C25H30N6O2. The summed E-state index contributed by atoms with van der Waals surface area (Å²) in [5.74, 6) is 2.88. The number of anilines is 2. The number of piperidine rings is 1. The molecule has 5 rings (SSSR count). The predicted octanol–water partition coefficient (Wildman–Crippen LogP) is 4.22. The van der Waals surface area contributed by atoms with Gasteiger partial charge in [-0.3, -0.25) is 4.79 Å². The first-order valence-corrected chi connectivity index (χ1v) is 11.7. The highest BCUT2D eigenvalue weighted by Gasteiger charge is 2.33. The number of hydrogen-bond donors (Lipinski definition) is 1. The van der Waals surface area contributed by atoms with Gasteiger partial charge in [0.1, 0.15) is 11.6 Å². The Balaban J connectivity index is 1.46. The van der Waals surface area contributed by atoms with E-state index in [1.807, 2.05) is 57.2 Å². The van der Waals surface area contributed by atoms with E-state index in [1.165, 1.54) is 19.3 Å². The average Bonchev–Trinajstić information content (AvgIpc) is 3.15. The third-order valence-electron chi connectivity index (χ3n) is 6.29. The molecule has 1 saturated heterocycles. The summed E-state index contributed by atoms with van der Waals surface area (Å²) in [7, 11) is 0. The number of nitrogens with one attached hydrogen (secondary N) is 1. The maximum Gasteiger partial charge on any atom is 0.226 e. The molecule has 2 aliphatic heterocycles.